The summed E-state index contributed by atoms with van der Waals surface area (Å²) in [5.41, 5.74) is 9.92. The summed E-state index contributed by atoms with van der Waals surface area (Å²) < 4.78 is 130. The van der Waals surface area contributed by atoms with Gasteiger partial charge < -0.3 is 25.4 Å². The van der Waals surface area contributed by atoms with Crippen LogP contribution < -0.4 is 25.4 Å². The number of nitrogens with one attached hydrogen (secondary N) is 3. The van der Waals surface area contributed by atoms with Gasteiger partial charge in [-0.15, -0.1) is 0 Å². The lowest BCUT2D eigenvalue weighted by Gasteiger charge is -2.06. The number of ether oxygens (including phenoxy) is 2. The van der Waals surface area contributed by atoms with Crippen molar-refractivity contribution in [1.82, 2.24) is 103 Å². The summed E-state index contributed by atoms with van der Waals surface area (Å²) in [6.45, 7) is 16.9. The predicted molar refractivity (Wildman–Crippen MR) is 531 cm³/mol. The van der Waals surface area contributed by atoms with Crippen LogP contribution in [0, 0.1) is 31.6 Å². The normalized spacial score (nSPS) is 11.1. The quantitative estimate of drug-likeness (QED) is 0.0340. The monoisotopic (exact) mass is 2240 g/mol. The molecule has 0 radical (unpaired) electrons. The predicted octanol–water partition coefficient (Wildman–Crippen LogP) is 23.2. The SMILES string of the molecule is CC(C)C(=O)Cc1cn(-c2cncc(Cl)c2)nc1Cl.CCCC(=O)Cc1cn(-c2cncc(OC)c2)nc1Cl.COc1cncc(-n2cc(CC(=O)C(C)C)c(Cl)n2)c1.Cc1cncc(-n2cc(NC(=O)C(C)C)c(Cl)n2)c1.Cc1cncc(-n2cc(NC(=O)CCC(F)(F)F)c(Cl)n2)c1.O=C(CCC(F)(F)F)Cc1cn(-c2cncc(Cl)c2)nc1Cl.O=C(CCC(F)(F)F)Nc1cn(-c2cncc(Br)c2)nc1Cl. The summed E-state index contributed by atoms with van der Waals surface area (Å²) in [7, 11) is 3.15. The first-order chi connectivity index (χ1) is 67.8. The highest BCUT2D eigenvalue weighted by Gasteiger charge is 2.32. The van der Waals surface area contributed by atoms with Gasteiger partial charge in [0.25, 0.3) is 0 Å². The molecule has 3 amide bonds. The molecule has 52 heteroatoms. The average molecular weight is 2250 g/mol. The molecule has 0 aliphatic rings. The smallest absolute Gasteiger partial charge is 0.389 e. The number of hydrogen-bond donors (Lipinski definition) is 3. The van der Waals surface area contributed by atoms with Gasteiger partial charge in [0.15, 0.2) is 36.1 Å². The summed E-state index contributed by atoms with van der Waals surface area (Å²) in [5, 5.41) is 38.2. The lowest BCUT2D eigenvalue weighted by Crippen LogP contribution is -2.17. The van der Waals surface area contributed by atoms with Crippen LogP contribution in [0.3, 0.4) is 0 Å². The minimum atomic E-state index is -4.38. The molecule has 0 bridgehead atoms. The number of alkyl halides is 9. The van der Waals surface area contributed by atoms with E-state index in [2.05, 4.69) is 102 Å². The maximum absolute atomic E-state index is 12.1. The van der Waals surface area contributed by atoms with Crippen molar-refractivity contribution in [1.29, 1.82) is 0 Å². The number of pyridine rings is 7. The van der Waals surface area contributed by atoms with Crippen LogP contribution in [-0.4, -0.2) is 177 Å². The van der Waals surface area contributed by atoms with Gasteiger partial charge in [-0.05, 0) is 77.7 Å². The molecule has 14 aromatic rings. The third kappa shape index (κ3) is 39.0. The number of carbonyl (C=O) groups is 7. The zero-order chi connectivity index (χ0) is 106. The number of methoxy groups -OCH3 is 2. The first kappa shape index (κ1) is 117. The van der Waals surface area contributed by atoms with Gasteiger partial charge in [0, 0.05) is 164 Å². The zero-order valence-electron chi connectivity index (χ0n) is 78.1. The lowest BCUT2D eigenvalue weighted by atomic mass is 10.0. The first-order valence-corrected chi connectivity index (χ1v) is 47.1. The molecule has 0 fully saturated rings. The van der Waals surface area contributed by atoms with Crippen LogP contribution in [0.25, 0.3) is 39.8 Å². The molecule has 14 rings (SSSR count). The van der Waals surface area contributed by atoms with E-state index >= 15 is 0 Å². The van der Waals surface area contributed by atoms with Gasteiger partial charge in [-0.2, -0.15) is 75.2 Å². The maximum atomic E-state index is 12.1. The molecule has 0 atom stereocenters. The van der Waals surface area contributed by atoms with E-state index in [1.54, 1.807) is 162 Å². The molecular formula is C92H91BrCl9F9N24O9. The first-order valence-electron chi connectivity index (χ1n) is 42.9. The fourth-order valence-corrected chi connectivity index (χ4v) is 13.6. The van der Waals surface area contributed by atoms with E-state index in [1.807, 2.05) is 68.4 Å². The van der Waals surface area contributed by atoms with Crippen LogP contribution in [0.1, 0.15) is 133 Å². The van der Waals surface area contributed by atoms with Crippen molar-refractivity contribution in [3.63, 3.8) is 0 Å². The third-order valence-corrected chi connectivity index (χ3v) is 22.0. The van der Waals surface area contributed by atoms with Gasteiger partial charge in [0.2, 0.25) is 17.7 Å². The Kier molecular flexibility index (Phi) is 44.7. The molecule has 0 saturated heterocycles. The molecule has 3 N–H and O–H groups in total. The highest BCUT2D eigenvalue weighted by molar-refractivity contribution is 9.10. The molecule has 0 unspecified atom stereocenters. The van der Waals surface area contributed by atoms with Crippen molar-refractivity contribution in [2.24, 2.45) is 17.8 Å². The zero-order valence-corrected chi connectivity index (χ0v) is 86.5. The number of ketones is 4. The number of amides is 3. The number of carbonyl (C=O) groups excluding carboxylic acids is 7. The molecule has 0 spiro atoms. The highest BCUT2D eigenvalue weighted by atomic mass is 79.9. The van der Waals surface area contributed by atoms with E-state index in [-0.39, 0.29) is 92.3 Å². The number of halogens is 19. The summed E-state index contributed by atoms with van der Waals surface area (Å²) in [6, 6.07) is 12.4. The van der Waals surface area contributed by atoms with E-state index in [1.165, 1.54) is 51.2 Å². The largest absolute Gasteiger partial charge is 0.495 e. The number of hydrogen-bond acceptors (Lipinski definition) is 23. The van der Waals surface area contributed by atoms with Crippen molar-refractivity contribution >= 4 is 178 Å². The molecular weight excluding hydrogens is 2160 g/mol. The number of nitrogens with zero attached hydrogens (tertiary/aromatic N) is 21. The molecule has 14 heterocycles. The molecule has 0 aromatic carbocycles. The minimum absolute atomic E-state index is 0.0122. The van der Waals surface area contributed by atoms with Crippen LogP contribution in [0.4, 0.5) is 56.6 Å². The number of anilines is 3. The van der Waals surface area contributed by atoms with Crippen molar-refractivity contribution < 1.29 is 82.5 Å². The average Bonchev–Trinajstić information content (AvgIpc) is 1.71. The van der Waals surface area contributed by atoms with E-state index in [0.717, 1.165) is 40.2 Å². The molecule has 0 saturated carbocycles. The van der Waals surface area contributed by atoms with Gasteiger partial charge in [0.05, 0.1) is 175 Å². The van der Waals surface area contributed by atoms with Gasteiger partial charge >= 0.3 is 18.5 Å². The van der Waals surface area contributed by atoms with Crippen molar-refractivity contribution in [2.45, 2.75) is 158 Å². The summed E-state index contributed by atoms with van der Waals surface area (Å²) in [5.74, 6) is -0.662. The Morgan fingerprint density at radius 1 is 0.340 bits per heavy atom. The minimum Gasteiger partial charge on any atom is -0.495 e. The molecule has 0 aliphatic carbocycles. The number of aromatic nitrogens is 21. The Morgan fingerprint density at radius 3 is 0.924 bits per heavy atom. The van der Waals surface area contributed by atoms with E-state index < -0.39 is 74.7 Å². The van der Waals surface area contributed by atoms with Crippen LogP contribution in [-0.2, 0) is 59.2 Å². The molecule has 144 heavy (non-hydrogen) atoms. The van der Waals surface area contributed by atoms with Gasteiger partial charge in [-0.1, -0.05) is 153 Å². The fourth-order valence-electron chi connectivity index (χ4n) is 11.6. The molecule has 0 aliphatic heterocycles. The number of rotatable bonds is 31. The molecule has 33 nitrogen and oxygen atoms in total. The molecule has 766 valence electrons. The topological polar surface area (TPSA) is 389 Å². The highest BCUT2D eigenvalue weighted by Crippen LogP contribution is 2.33. The van der Waals surface area contributed by atoms with Crippen LogP contribution in [0.5, 0.6) is 11.5 Å². The van der Waals surface area contributed by atoms with E-state index in [4.69, 9.17) is 114 Å². The fraction of sp³-hybridized carbons (Fsp3) is 0.315. The second-order valence-electron chi connectivity index (χ2n) is 31.9. The second-order valence-corrected chi connectivity index (χ2v) is 36.2. The van der Waals surface area contributed by atoms with E-state index in [0.29, 0.717) is 99.4 Å². The summed E-state index contributed by atoms with van der Waals surface area (Å²) in [4.78, 5) is 109. The Balaban J connectivity index is 0.000000205. The molecule has 14 aromatic heterocycles. The third-order valence-electron chi connectivity index (χ3n) is 19.1. The van der Waals surface area contributed by atoms with Gasteiger partial charge in [-0.25, -0.2) is 32.8 Å². The van der Waals surface area contributed by atoms with Gasteiger partial charge in [0.1, 0.15) is 34.6 Å². The van der Waals surface area contributed by atoms with Crippen molar-refractivity contribution in [3.05, 3.63) is 257 Å². The Hall–Kier alpha value is -12.3. The lowest BCUT2D eigenvalue weighted by molar-refractivity contribution is -0.143. The van der Waals surface area contributed by atoms with Gasteiger partial charge in [-0.3, -0.25) is 68.4 Å². The Bertz CT molecular complexity index is 6340. The van der Waals surface area contributed by atoms with Crippen LogP contribution in [0.15, 0.2) is 177 Å². The van der Waals surface area contributed by atoms with Crippen molar-refractivity contribution in [3.8, 4) is 51.3 Å². The number of aryl methyl sites for hydroxylation is 2. The Labute approximate surface area is 871 Å². The standard InChI is InChI=1S/2C14H16ClN3O2.C13H10Cl2F3N3O.C13H13Cl2N3O.C13H12ClF3N4O.C13H15ClN4O.C12H9BrClF3N4O/c1-9(2)13(19)4-10-8-18(17-14(10)15)11-5-12(20-3)7-16-6-11;1-3-4-12(19)5-10-9-18(17-14(10)15)11-6-13(20-2)8-16-7-11;14-9-4-10(6-19-5-9)21-7-8(12(15)20-21)3-11(22)1-2-13(16,17)18;1-8(2)12(19)3-9-7-18(17-13(9)15)11-4-10(14)5-16-6-11;1-8-4-9(6-18-5-8)21-7-10(12(14)20-21)19-11(22)2-3-13(15,16)17;1-8(2)13(19)16-11-7-18(17-12(11)14)10-4-9(3)5-15-6-10;13-7-3-8(5-18-4-7)21-6-9(11(14)20-21)19-10(22)1-2-12(15,16)17/h5-9H,4H2,1-3H3;6-9H,3-5H2,1-2H3;4-7H,1-3H2;4-8H,3H2,1-2H3;4-7H,2-3H2,1H3,(H,19,22);4-8H,1-3H3,(H,16,19);3-6H,1-2H2,(H,19,22). The van der Waals surface area contributed by atoms with Crippen LogP contribution in [0.2, 0.25) is 46.1 Å². The summed E-state index contributed by atoms with van der Waals surface area (Å²) >= 11 is 56.8. The summed E-state index contributed by atoms with van der Waals surface area (Å²) in [6.07, 6.45) is 17.1. The van der Waals surface area contributed by atoms with Crippen molar-refractivity contribution in [2.75, 3.05) is 30.2 Å². The number of Topliss-reactive ketones (excluding diaryl/α,β-unsaturated/α-hetero) is 4. The maximum Gasteiger partial charge on any atom is 0.389 e. The van der Waals surface area contributed by atoms with E-state index in [9.17, 15) is 73.1 Å². The second kappa shape index (κ2) is 55.1. The van der Waals surface area contributed by atoms with Crippen LogP contribution >= 0.6 is 120 Å². The Morgan fingerprint density at radius 2 is 0.618 bits per heavy atom.